The lowest BCUT2D eigenvalue weighted by Gasteiger charge is -2.21. The highest BCUT2D eigenvalue weighted by Crippen LogP contribution is 2.12. The molecule has 98 valence electrons. The van der Waals surface area contributed by atoms with Crippen molar-refractivity contribution in [3.8, 4) is 5.75 Å². The second kappa shape index (κ2) is 5.87. The van der Waals surface area contributed by atoms with Crippen molar-refractivity contribution in [1.29, 1.82) is 0 Å². The number of aromatic hydroxyl groups is 1. The average molecular weight is 248 g/mol. The van der Waals surface area contributed by atoms with Crippen molar-refractivity contribution in [2.24, 2.45) is 0 Å². The lowest BCUT2D eigenvalue weighted by molar-refractivity contribution is -0.129. The van der Waals surface area contributed by atoms with Gasteiger partial charge in [0.2, 0.25) is 5.91 Å². The third-order valence-corrected chi connectivity index (χ3v) is 3.35. The van der Waals surface area contributed by atoms with Gasteiger partial charge in [-0.25, -0.2) is 0 Å². The summed E-state index contributed by atoms with van der Waals surface area (Å²) in [6.45, 7) is 1.82. The predicted molar refractivity (Wildman–Crippen MR) is 70.5 cm³/mol. The summed E-state index contributed by atoms with van der Waals surface area (Å²) >= 11 is 0. The van der Waals surface area contributed by atoms with Gasteiger partial charge in [-0.2, -0.15) is 0 Å². The molecule has 1 saturated heterocycles. The molecule has 4 heteroatoms. The summed E-state index contributed by atoms with van der Waals surface area (Å²) in [5.74, 6) is 0.301. The second-order valence-corrected chi connectivity index (χ2v) is 4.91. The van der Waals surface area contributed by atoms with Crippen LogP contribution in [0.1, 0.15) is 18.4 Å². The molecule has 0 aromatic heterocycles. The minimum atomic E-state index is 0.0919. The first-order chi connectivity index (χ1) is 8.65. The molecule has 2 N–H and O–H groups in total. The van der Waals surface area contributed by atoms with Crippen molar-refractivity contribution < 1.29 is 9.90 Å². The number of hydrogen-bond donors (Lipinski definition) is 2. The molecule has 1 unspecified atom stereocenters. The molecular formula is C14H20N2O2. The molecule has 1 atom stereocenters. The van der Waals surface area contributed by atoms with Crippen molar-refractivity contribution in [1.82, 2.24) is 10.2 Å². The van der Waals surface area contributed by atoms with Gasteiger partial charge in [-0.05, 0) is 37.1 Å². The van der Waals surface area contributed by atoms with Gasteiger partial charge < -0.3 is 15.3 Å². The van der Waals surface area contributed by atoms with Crippen LogP contribution in [0.15, 0.2) is 24.3 Å². The van der Waals surface area contributed by atoms with E-state index in [1.54, 1.807) is 23.1 Å². The maximum Gasteiger partial charge on any atom is 0.226 e. The molecule has 0 saturated carbocycles. The van der Waals surface area contributed by atoms with Gasteiger partial charge in [0, 0.05) is 19.6 Å². The van der Waals surface area contributed by atoms with E-state index in [4.69, 9.17) is 0 Å². The number of carbonyl (C=O) groups is 1. The highest BCUT2D eigenvalue weighted by Gasteiger charge is 2.18. The van der Waals surface area contributed by atoms with Crippen LogP contribution in [0.2, 0.25) is 0 Å². The fourth-order valence-electron chi connectivity index (χ4n) is 2.32. The van der Waals surface area contributed by atoms with E-state index < -0.39 is 0 Å². The SMILES string of the molecule is CN(CC1CCCN1)C(=O)Cc1cccc(O)c1. The number of nitrogens with zero attached hydrogens (tertiary/aromatic N) is 1. The van der Waals surface area contributed by atoms with Crippen molar-refractivity contribution >= 4 is 5.91 Å². The van der Waals surface area contributed by atoms with Crippen LogP contribution in [0.5, 0.6) is 5.75 Å². The normalized spacial score (nSPS) is 18.8. The molecule has 1 aromatic rings. The molecule has 1 aliphatic heterocycles. The quantitative estimate of drug-likeness (QED) is 0.840. The minimum Gasteiger partial charge on any atom is -0.508 e. The molecule has 4 nitrogen and oxygen atoms in total. The molecule has 1 aromatic carbocycles. The van der Waals surface area contributed by atoms with Gasteiger partial charge in [0.25, 0.3) is 0 Å². The highest BCUT2D eigenvalue weighted by atomic mass is 16.3. The van der Waals surface area contributed by atoms with Crippen LogP contribution in [0.3, 0.4) is 0 Å². The zero-order valence-electron chi connectivity index (χ0n) is 10.7. The largest absolute Gasteiger partial charge is 0.508 e. The number of benzene rings is 1. The fourth-order valence-corrected chi connectivity index (χ4v) is 2.32. The number of phenols is 1. The van der Waals surface area contributed by atoms with Crippen LogP contribution in [-0.2, 0) is 11.2 Å². The Balaban J connectivity index is 1.86. The Bertz CT molecular complexity index is 414. The average Bonchev–Trinajstić information content (AvgIpc) is 2.81. The lowest BCUT2D eigenvalue weighted by atomic mass is 10.1. The van der Waals surface area contributed by atoms with Crippen LogP contribution in [0, 0.1) is 0 Å². The van der Waals surface area contributed by atoms with Gasteiger partial charge >= 0.3 is 0 Å². The van der Waals surface area contributed by atoms with Crippen LogP contribution >= 0.6 is 0 Å². The third-order valence-electron chi connectivity index (χ3n) is 3.35. The van der Waals surface area contributed by atoms with E-state index in [1.165, 1.54) is 6.42 Å². The van der Waals surface area contributed by atoms with Crippen LogP contribution in [0.4, 0.5) is 0 Å². The number of hydrogen-bond acceptors (Lipinski definition) is 3. The van der Waals surface area contributed by atoms with Crippen LogP contribution in [0.25, 0.3) is 0 Å². The third kappa shape index (κ3) is 3.47. The fraction of sp³-hybridized carbons (Fsp3) is 0.500. The van der Waals surface area contributed by atoms with Gasteiger partial charge in [-0.1, -0.05) is 12.1 Å². The van der Waals surface area contributed by atoms with Gasteiger partial charge in [-0.3, -0.25) is 4.79 Å². The monoisotopic (exact) mass is 248 g/mol. The van der Waals surface area contributed by atoms with E-state index >= 15 is 0 Å². The zero-order chi connectivity index (χ0) is 13.0. The Morgan fingerprint density at radius 2 is 2.39 bits per heavy atom. The standard InChI is InChI=1S/C14H20N2O2/c1-16(10-12-5-3-7-15-12)14(18)9-11-4-2-6-13(17)8-11/h2,4,6,8,12,15,17H,3,5,7,9-10H2,1H3. The Labute approximate surface area is 108 Å². The first-order valence-corrected chi connectivity index (χ1v) is 6.40. The number of likely N-dealkylation sites (N-methyl/N-ethyl adjacent to an activating group) is 1. The number of amides is 1. The molecular weight excluding hydrogens is 228 g/mol. The molecule has 1 heterocycles. The Hall–Kier alpha value is -1.55. The summed E-state index contributed by atoms with van der Waals surface area (Å²) in [6.07, 6.45) is 2.68. The number of nitrogens with one attached hydrogen (secondary N) is 1. The maximum atomic E-state index is 12.0. The summed E-state index contributed by atoms with van der Waals surface area (Å²) in [7, 11) is 1.84. The topological polar surface area (TPSA) is 52.6 Å². The number of rotatable bonds is 4. The Morgan fingerprint density at radius 1 is 1.56 bits per heavy atom. The molecule has 18 heavy (non-hydrogen) atoms. The van der Waals surface area contributed by atoms with E-state index in [-0.39, 0.29) is 11.7 Å². The van der Waals surface area contributed by atoms with Crippen molar-refractivity contribution in [2.45, 2.75) is 25.3 Å². The Kier molecular flexibility index (Phi) is 4.20. The van der Waals surface area contributed by atoms with Gasteiger partial charge in [0.1, 0.15) is 5.75 Å². The van der Waals surface area contributed by atoms with Gasteiger partial charge in [-0.15, -0.1) is 0 Å². The lowest BCUT2D eigenvalue weighted by Crippen LogP contribution is -2.39. The molecule has 1 amide bonds. The molecule has 0 aliphatic carbocycles. The van der Waals surface area contributed by atoms with E-state index in [1.807, 2.05) is 13.1 Å². The van der Waals surface area contributed by atoms with Crippen molar-refractivity contribution in [3.63, 3.8) is 0 Å². The van der Waals surface area contributed by atoms with Gasteiger partial charge in [0.05, 0.1) is 6.42 Å². The number of phenolic OH excluding ortho intramolecular Hbond substituents is 1. The van der Waals surface area contributed by atoms with E-state index in [0.717, 1.165) is 25.1 Å². The smallest absolute Gasteiger partial charge is 0.226 e. The molecule has 0 radical (unpaired) electrons. The van der Waals surface area contributed by atoms with Crippen LogP contribution in [-0.4, -0.2) is 42.1 Å². The minimum absolute atomic E-state index is 0.0919. The van der Waals surface area contributed by atoms with E-state index in [2.05, 4.69) is 5.32 Å². The molecule has 1 fully saturated rings. The summed E-state index contributed by atoms with van der Waals surface area (Å²) in [5.41, 5.74) is 0.853. The summed E-state index contributed by atoms with van der Waals surface area (Å²) < 4.78 is 0. The van der Waals surface area contributed by atoms with Crippen molar-refractivity contribution in [3.05, 3.63) is 29.8 Å². The number of carbonyl (C=O) groups excluding carboxylic acids is 1. The summed E-state index contributed by atoms with van der Waals surface area (Å²) in [5, 5.41) is 12.7. The van der Waals surface area contributed by atoms with E-state index in [9.17, 15) is 9.90 Å². The zero-order valence-corrected chi connectivity index (χ0v) is 10.7. The first kappa shape index (κ1) is 12.9. The second-order valence-electron chi connectivity index (χ2n) is 4.91. The predicted octanol–water partition coefficient (Wildman–Crippen LogP) is 1.15. The molecule has 0 spiro atoms. The van der Waals surface area contributed by atoms with E-state index in [0.29, 0.717) is 12.5 Å². The first-order valence-electron chi connectivity index (χ1n) is 6.40. The Morgan fingerprint density at radius 3 is 3.06 bits per heavy atom. The highest BCUT2D eigenvalue weighted by molar-refractivity contribution is 5.78. The molecule has 1 aliphatic rings. The van der Waals surface area contributed by atoms with Crippen molar-refractivity contribution in [2.75, 3.05) is 20.1 Å². The van der Waals surface area contributed by atoms with Crippen LogP contribution < -0.4 is 5.32 Å². The molecule has 0 bridgehead atoms. The summed E-state index contributed by atoms with van der Waals surface area (Å²) in [4.78, 5) is 13.8. The van der Waals surface area contributed by atoms with Gasteiger partial charge in [0.15, 0.2) is 0 Å². The molecule has 2 rings (SSSR count). The maximum absolute atomic E-state index is 12.0. The summed E-state index contributed by atoms with van der Waals surface area (Å²) in [6, 6.07) is 7.30.